The van der Waals surface area contributed by atoms with Crippen LogP contribution in [0.25, 0.3) is 0 Å². The number of hydrogen-bond donors (Lipinski definition) is 2. The van der Waals surface area contributed by atoms with Crippen molar-refractivity contribution in [1.82, 2.24) is 5.32 Å². The minimum absolute atomic E-state index is 0.0494. The molecule has 3 N–H and O–H groups in total. The average molecular weight is 288 g/mol. The van der Waals surface area contributed by atoms with Crippen molar-refractivity contribution in [2.75, 3.05) is 19.3 Å². The van der Waals surface area contributed by atoms with Crippen LogP contribution in [0.3, 0.4) is 0 Å². The Bertz CT molecular complexity index is 568. The van der Waals surface area contributed by atoms with Gasteiger partial charge in [-0.3, -0.25) is 4.79 Å². The highest BCUT2D eigenvalue weighted by atomic mass is 32.2. The maximum atomic E-state index is 12.3. The van der Waals surface area contributed by atoms with Crippen molar-refractivity contribution in [2.24, 2.45) is 5.73 Å². The summed E-state index contributed by atoms with van der Waals surface area (Å²) < 4.78 is 0.267. The summed E-state index contributed by atoms with van der Waals surface area (Å²) in [6.07, 6.45) is 4.47. The number of carbonyl (C=O) groups is 1. The number of nitrogens with two attached hydrogens (primary N) is 1. The first-order valence-electron chi connectivity index (χ1n) is 6.73. The second-order valence-electron chi connectivity index (χ2n) is 5.12. The molecule has 1 aliphatic carbocycles. The van der Waals surface area contributed by atoms with Crippen molar-refractivity contribution < 1.29 is 4.79 Å². The highest BCUT2D eigenvalue weighted by molar-refractivity contribution is 8.00. The fourth-order valence-electron chi connectivity index (χ4n) is 2.03. The molecule has 106 valence electrons. The molecule has 0 atom stereocenters. The average Bonchev–Trinajstić information content (AvgIpc) is 3.23. The molecule has 20 heavy (non-hydrogen) atoms. The van der Waals surface area contributed by atoms with Crippen molar-refractivity contribution in [1.29, 1.82) is 0 Å². The maximum absolute atomic E-state index is 12.3. The predicted molar refractivity (Wildman–Crippen MR) is 84.9 cm³/mol. The van der Waals surface area contributed by atoms with Gasteiger partial charge in [0.2, 0.25) is 0 Å². The van der Waals surface area contributed by atoms with Crippen molar-refractivity contribution >= 4 is 17.7 Å². The van der Waals surface area contributed by atoms with Crippen LogP contribution in [0.15, 0.2) is 18.2 Å². The molecule has 1 saturated carbocycles. The number of nitrogens with one attached hydrogen (secondary N) is 1. The summed E-state index contributed by atoms with van der Waals surface area (Å²) in [5.74, 6) is 5.75. The Hall–Kier alpha value is -1.44. The van der Waals surface area contributed by atoms with E-state index in [-0.39, 0.29) is 10.7 Å². The molecule has 0 bridgehead atoms. The van der Waals surface area contributed by atoms with Crippen LogP contribution in [-0.4, -0.2) is 30.0 Å². The molecule has 0 heterocycles. The Labute approximate surface area is 124 Å². The molecule has 0 radical (unpaired) electrons. The fourth-order valence-corrected chi connectivity index (χ4v) is 2.76. The summed E-state index contributed by atoms with van der Waals surface area (Å²) in [4.78, 5) is 12.3. The smallest absolute Gasteiger partial charge is 0.252 e. The summed E-state index contributed by atoms with van der Waals surface area (Å²) in [5, 5.41) is 3.03. The van der Waals surface area contributed by atoms with E-state index >= 15 is 0 Å². The number of amides is 1. The van der Waals surface area contributed by atoms with Crippen molar-refractivity contribution in [3.05, 3.63) is 34.9 Å². The topological polar surface area (TPSA) is 55.1 Å². The first kappa shape index (κ1) is 15.0. The molecule has 0 aromatic heterocycles. The Morgan fingerprint density at radius 3 is 2.85 bits per heavy atom. The van der Waals surface area contributed by atoms with Gasteiger partial charge < -0.3 is 11.1 Å². The van der Waals surface area contributed by atoms with Gasteiger partial charge in [0.1, 0.15) is 0 Å². The largest absolute Gasteiger partial charge is 0.351 e. The van der Waals surface area contributed by atoms with Gasteiger partial charge in [0.05, 0.1) is 12.1 Å². The number of aryl methyl sites for hydroxylation is 1. The van der Waals surface area contributed by atoms with E-state index in [4.69, 9.17) is 5.73 Å². The van der Waals surface area contributed by atoms with E-state index in [2.05, 4.69) is 23.4 Å². The molecule has 0 spiro atoms. The number of thioether (sulfide) groups is 1. The maximum Gasteiger partial charge on any atom is 0.252 e. The second-order valence-corrected chi connectivity index (χ2v) is 6.40. The van der Waals surface area contributed by atoms with Crippen molar-refractivity contribution in [3.63, 3.8) is 0 Å². The van der Waals surface area contributed by atoms with E-state index in [1.165, 1.54) is 12.8 Å². The van der Waals surface area contributed by atoms with Crippen LogP contribution in [0.4, 0.5) is 0 Å². The van der Waals surface area contributed by atoms with Gasteiger partial charge in [0.15, 0.2) is 0 Å². The third kappa shape index (κ3) is 3.56. The fraction of sp³-hybridized carbons (Fsp3) is 0.438. The third-order valence-corrected chi connectivity index (χ3v) is 4.98. The van der Waals surface area contributed by atoms with E-state index in [0.717, 1.165) is 17.7 Å². The zero-order valence-corrected chi connectivity index (χ0v) is 12.8. The Kier molecular flexibility index (Phi) is 4.74. The molecule has 1 amide bonds. The van der Waals surface area contributed by atoms with Gasteiger partial charge >= 0.3 is 0 Å². The molecular formula is C16H20N2OS. The zero-order chi connectivity index (χ0) is 14.6. The molecule has 0 unspecified atom stereocenters. The van der Waals surface area contributed by atoms with Crippen LogP contribution in [0, 0.1) is 18.8 Å². The summed E-state index contributed by atoms with van der Waals surface area (Å²) in [6.45, 7) is 3.01. The summed E-state index contributed by atoms with van der Waals surface area (Å²) in [5.41, 5.74) is 7.88. The van der Waals surface area contributed by atoms with E-state index in [0.29, 0.717) is 12.1 Å². The van der Waals surface area contributed by atoms with E-state index < -0.39 is 0 Å². The van der Waals surface area contributed by atoms with Crippen LogP contribution in [-0.2, 0) is 0 Å². The molecule has 1 aromatic carbocycles. The summed E-state index contributed by atoms with van der Waals surface area (Å²) in [6, 6.07) is 5.70. The van der Waals surface area contributed by atoms with Gasteiger partial charge in [-0.2, -0.15) is 11.8 Å². The van der Waals surface area contributed by atoms with Gasteiger partial charge in [-0.15, -0.1) is 0 Å². The highest BCUT2D eigenvalue weighted by Gasteiger charge is 2.42. The van der Waals surface area contributed by atoms with Gasteiger partial charge in [-0.1, -0.05) is 17.9 Å². The lowest BCUT2D eigenvalue weighted by Gasteiger charge is -2.14. The Morgan fingerprint density at radius 2 is 2.25 bits per heavy atom. The molecule has 1 aromatic rings. The molecule has 2 rings (SSSR count). The van der Waals surface area contributed by atoms with Crippen LogP contribution in [0.5, 0.6) is 0 Å². The molecule has 0 saturated heterocycles. The normalized spacial score (nSPS) is 15.2. The Morgan fingerprint density at radius 1 is 1.50 bits per heavy atom. The minimum Gasteiger partial charge on any atom is -0.351 e. The first-order valence-corrected chi connectivity index (χ1v) is 7.96. The third-order valence-electron chi connectivity index (χ3n) is 3.56. The van der Waals surface area contributed by atoms with E-state index in [1.54, 1.807) is 0 Å². The predicted octanol–water partition coefficient (Wildman–Crippen LogP) is 1.93. The SMILES string of the molecule is CSC1(CNC(=O)c2ccc(C)cc2C#CCN)CC1. The van der Waals surface area contributed by atoms with Gasteiger partial charge in [0, 0.05) is 16.9 Å². The lowest BCUT2D eigenvalue weighted by atomic mass is 10.0. The van der Waals surface area contributed by atoms with Gasteiger partial charge in [0.25, 0.3) is 5.91 Å². The van der Waals surface area contributed by atoms with Crippen molar-refractivity contribution in [2.45, 2.75) is 24.5 Å². The second kappa shape index (κ2) is 6.34. The van der Waals surface area contributed by atoms with Crippen LogP contribution in [0.2, 0.25) is 0 Å². The number of carbonyl (C=O) groups excluding carboxylic acids is 1. The molecule has 4 heteroatoms. The number of rotatable bonds is 4. The Balaban J connectivity index is 2.12. The van der Waals surface area contributed by atoms with E-state index in [9.17, 15) is 4.79 Å². The molecule has 3 nitrogen and oxygen atoms in total. The lowest BCUT2D eigenvalue weighted by Crippen LogP contribution is -2.32. The van der Waals surface area contributed by atoms with E-state index in [1.807, 2.05) is 36.9 Å². The lowest BCUT2D eigenvalue weighted by molar-refractivity contribution is 0.0953. The van der Waals surface area contributed by atoms with Gasteiger partial charge in [-0.25, -0.2) is 0 Å². The van der Waals surface area contributed by atoms with Crippen LogP contribution >= 0.6 is 11.8 Å². The highest BCUT2D eigenvalue weighted by Crippen LogP contribution is 2.46. The summed E-state index contributed by atoms with van der Waals surface area (Å²) >= 11 is 1.84. The monoisotopic (exact) mass is 288 g/mol. The molecule has 1 fully saturated rings. The molecular weight excluding hydrogens is 268 g/mol. The zero-order valence-electron chi connectivity index (χ0n) is 12.0. The standard InChI is InChI=1S/C16H20N2OS/c1-12-5-6-14(13(10-12)4-3-9-17)15(19)18-11-16(20-2)7-8-16/h5-6,10H,7-9,11,17H2,1-2H3,(H,18,19). The van der Waals surface area contributed by atoms with Crippen molar-refractivity contribution in [3.8, 4) is 11.8 Å². The molecule has 0 aliphatic heterocycles. The minimum atomic E-state index is -0.0494. The van der Waals surface area contributed by atoms with Gasteiger partial charge in [-0.05, 0) is 43.7 Å². The summed E-state index contributed by atoms with van der Waals surface area (Å²) in [7, 11) is 0. The molecule has 1 aliphatic rings. The first-order chi connectivity index (χ1) is 9.60. The van der Waals surface area contributed by atoms with Crippen LogP contribution in [0.1, 0.15) is 34.3 Å². The number of hydrogen-bond acceptors (Lipinski definition) is 3. The number of benzene rings is 1. The quantitative estimate of drug-likeness (QED) is 0.832. The van der Waals surface area contributed by atoms with Crippen LogP contribution < -0.4 is 11.1 Å².